The van der Waals surface area contributed by atoms with Gasteiger partial charge in [-0.1, -0.05) is 11.6 Å². The highest BCUT2D eigenvalue weighted by atomic mass is 35.5. The molecule has 0 fully saturated rings. The summed E-state index contributed by atoms with van der Waals surface area (Å²) in [6.07, 6.45) is -0.565. The maximum absolute atomic E-state index is 12.1. The third-order valence-corrected chi connectivity index (χ3v) is 2.94. The SMILES string of the molecule is CC(Oc1ccc(N)cc1)C(=O)c1ccc(Cl)cc1. The monoisotopic (exact) mass is 275 g/mol. The van der Waals surface area contributed by atoms with Crippen LogP contribution in [-0.2, 0) is 0 Å². The van der Waals surface area contributed by atoms with E-state index in [0.29, 0.717) is 22.0 Å². The normalized spacial score (nSPS) is 11.9. The summed E-state index contributed by atoms with van der Waals surface area (Å²) in [5.74, 6) is 0.525. The molecule has 4 heteroatoms. The van der Waals surface area contributed by atoms with Crippen LogP contribution in [0, 0.1) is 0 Å². The van der Waals surface area contributed by atoms with Crippen LogP contribution < -0.4 is 10.5 Å². The minimum atomic E-state index is -0.565. The minimum absolute atomic E-state index is 0.0894. The van der Waals surface area contributed by atoms with E-state index in [0.717, 1.165) is 0 Å². The second-order valence-electron chi connectivity index (χ2n) is 4.20. The number of anilines is 1. The lowest BCUT2D eigenvalue weighted by Gasteiger charge is -2.13. The Kier molecular flexibility index (Phi) is 4.07. The number of Topliss-reactive ketones (excluding diaryl/α,β-unsaturated/α-hetero) is 1. The first-order chi connectivity index (χ1) is 9.06. The van der Waals surface area contributed by atoms with Crippen LogP contribution in [0.5, 0.6) is 5.75 Å². The number of ether oxygens (including phenoxy) is 1. The number of hydrogen-bond acceptors (Lipinski definition) is 3. The average molecular weight is 276 g/mol. The predicted molar refractivity (Wildman–Crippen MR) is 76.7 cm³/mol. The third kappa shape index (κ3) is 3.48. The van der Waals surface area contributed by atoms with Crippen molar-refractivity contribution in [2.75, 3.05) is 5.73 Å². The molecule has 0 saturated carbocycles. The molecule has 0 aliphatic carbocycles. The molecular formula is C15H14ClNO2. The summed E-state index contributed by atoms with van der Waals surface area (Å²) in [5, 5.41) is 0.601. The molecule has 2 N–H and O–H groups in total. The number of carbonyl (C=O) groups excluding carboxylic acids is 1. The summed E-state index contributed by atoms with van der Waals surface area (Å²) in [6.45, 7) is 1.72. The second-order valence-corrected chi connectivity index (χ2v) is 4.64. The first kappa shape index (κ1) is 13.4. The fourth-order valence-electron chi connectivity index (χ4n) is 1.65. The van der Waals surface area contributed by atoms with E-state index in [2.05, 4.69) is 0 Å². The third-order valence-electron chi connectivity index (χ3n) is 2.69. The van der Waals surface area contributed by atoms with Crippen molar-refractivity contribution in [1.29, 1.82) is 0 Å². The van der Waals surface area contributed by atoms with E-state index in [4.69, 9.17) is 22.1 Å². The van der Waals surface area contributed by atoms with Gasteiger partial charge in [-0.15, -0.1) is 0 Å². The Hall–Kier alpha value is -2.00. The van der Waals surface area contributed by atoms with Gasteiger partial charge in [-0.25, -0.2) is 0 Å². The van der Waals surface area contributed by atoms with Crippen LogP contribution in [0.2, 0.25) is 5.02 Å². The van der Waals surface area contributed by atoms with Crippen molar-refractivity contribution in [2.45, 2.75) is 13.0 Å². The molecule has 0 heterocycles. The molecule has 3 nitrogen and oxygen atoms in total. The zero-order valence-corrected chi connectivity index (χ0v) is 11.2. The Labute approximate surface area is 117 Å². The van der Waals surface area contributed by atoms with E-state index in [9.17, 15) is 4.79 Å². The van der Waals surface area contributed by atoms with Gasteiger partial charge in [0.25, 0.3) is 0 Å². The van der Waals surface area contributed by atoms with Crippen LogP contribution in [-0.4, -0.2) is 11.9 Å². The van der Waals surface area contributed by atoms with Crippen molar-refractivity contribution in [3.8, 4) is 5.75 Å². The first-order valence-corrected chi connectivity index (χ1v) is 6.26. The molecular weight excluding hydrogens is 262 g/mol. The van der Waals surface area contributed by atoms with Crippen molar-refractivity contribution in [3.63, 3.8) is 0 Å². The summed E-state index contributed by atoms with van der Waals surface area (Å²) >= 11 is 5.79. The van der Waals surface area contributed by atoms with Crippen LogP contribution in [0.4, 0.5) is 5.69 Å². The molecule has 0 bridgehead atoms. The van der Waals surface area contributed by atoms with E-state index < -0.39 is 6.10 Å². The molecule has 1 unspecified atom stereocenters. The van der Waals surface area contributed by atoms with Gasteiger partial charge >= 0.3 is 0 Å². The number of carbonyl (C=O) groups is 1. The largest absolute Gasteiger partial charge is 0.483 e. The van der Waals surface area contributed by atoms with Gasteiger partial charge in [-0.05, 0) is 55.5 Å². The fraction of sp³-hybridized carbons (Fsp3) is 0.133. The second kappa shape index (κ2) is 5.76. The predicted octanol–water partition coefficient (Wildman–Crippen LogP) is 3.57. The molecule has 98 valence electrons. The summed E-state index contributed by atoms with van der Waals surface area (Å²) in [5.41, 5.74) is 6.82. The van der Waals surface area contributed by atoms with E-state index in [-0.39, 0.29) is 5.78 Å². The Morgan fingerprint density at radius 1 is 1.11 bits per heavy atom. The number of benzene rings is 2. The highest BCUT2D eigenvalue weighted by molar-refractivity contribution is 6.30. The van der Waals surface area contributed by atoms with Crippen LogP contribution in [0.3, 0.4) is 0 Å². The molecule has 2 aromatic carbocycles. The van der Waals surface area contributed by atoms with E-state index in [1.165, 1.54) is 0 Å². The molecule has 0 radical (unpaired) electrons. The highest BCUT2D eigenvalue weighted by Gasteiger charge is 2.16. The molecule has 0 spiro atoms. The zero-order chi connectivity index (χ0) is 13.8. The summed E-state index contributed by atoms with van der Waals surface area (Å²) in [7, 11) is 0. The van der Waals surface area contributed by atoms with E-state index in [1.54, 1.807) is 55.5 Å². The Bertz CT molecular complexity index is 564. The Balaban J connectivity index is 2.07. The number of ketones is 1. The van der Waals surface area contributed by atoms with Gasteiger partial charge in [-0.3, -0.25) is 4.79 Å². The van der Waals surface area contributed by atoms with Gasteiger partial charge in [0.15, 0.2) is 6.10 Å². The minimum Gasteiger partial charge on any atom is -0.483 e. The number of nitrogens with two attached hydrogens (primary N) is 1. The molecule has 0 saturated heterocycles. The smallest absolute Gasteiger partial charge is 0.202 e. The molecule has 0 aromatic heterocycles. The first-order valence-electron chi connectivity index (χ1n) is 5.88. The van der Waals surface area contributed by atoms with Crippen molar-refractivity contribution < 1.29 is 9.53 Å². The van der Waals surface area contributed by atoms with Gasteiger partial charge < -0.3 is 10.5 Å². The van der Waals surface area contributed by atoms with E-state index in [1.807, 2.05) is 0 Å². The molecule has 0 amide bonds. The van der Waals surface area contributed by atoms with Crippen LogP contribution in [0.1, 0.15) is 17.3 Å². The number of halogens is 1. The lowest BCUT2D eigenvalue weighted by Crippen LogP contribution is -2.23. The van der Waals surface area contributed by atoms with Gasteiger partial charge in [-0.2, -0.15) is 0 Å². The van der Waals surface area contributed by atoms with Crippen LogP contribution >= 0.6 is 11.6 Å². The fourth-order valence-corrected chi connectivity index (χ4v) is 1.78. The van der Waals surface area contributed by atoms with Crippen molar-refractivity contribution in [1.82, 2.24) is 0 Å². The summed E-state index contributed by atoms with van der Waals surface area (Å²) in [6, 6.07) is 13.7. The lowest BCUT2D eigenvalue weighted by atomic mass is 10.1. The Morgan fingerprint density at radius 3 is 2.26 bits per heavy atom. The summed E-state index contributed by atoms with van der Waals surface area (Å²) < 4.78 is 5.58. The molecule has 19 heavy (non-hydrogen) atoms. The lowest BCUT2D eigenvalue weighted by molar-refractivity contribution is 0.0818. The van der Waals surface area contributed by atoms with Gasteiger partial charge in [0, 0.05) is 16.3 Å². The van der Waals surface area contributed by atoms with Crippen molar-refractivity contribution in [3.05, 3.63) is 59.1 Å². The number of rotatable bonds is 4. The van der Waals surface area contributed by atoms with E-state index >= 15 is 0 Å². The molecule has 0 aliphatic heterocycles. The molecule has 2 rings (SSSR count). The maximum Gasteiger partial charge on any atom is 0.202 e. The van der Waals surface area contributed by atoms with Gasteiger partial charge in [0.2, 0.25) is 5.78 Å². The maximum atomic E-state index is 12.1. The Morgan fingerprint density at radius 2 is 1.68 bits per heavy atom. The average Bonchev–Trinajstić information content (AvgIpc) is 2.41. The topological polar surface area (TPSA) is 52.3 Å². The number of hydrogen-bond donors (Lipinski definition) is 1. The standard InChI is InChI=1S/C15H14ClNO2/c1-10(19-14-8-6-13(17)7-9-14)15(18)11-2-4-12(16)5-3-11/h2-10H,17H2,1H3. The zero-order valence-electron chi connectivity index (χ0n) is 10.5. The number of nitrogen functional groups attached to an aromatic ring is 1. The van der Waals surface area contributed by atoms with Crippen LogP contribution in [0.25, 0.3) is 0 Å². The highest BCUT2D eigenvalue weighted by Crippen LogP contribution is 2.17. The van der Waals surface area contributed by atoms with Crippen molar-refractivity contribution in [2.24, 2.45) is 0 Å². The molecule has 1 atom stereocenters. The van der Waals surface area contributed by atoms with Crippen LogP contribution in [0.15, 0.2) is 48.5 Å². The summed E-state index contributed by atoms with van der Waals surface area (Å²) in [4.78, 5) is 12.1. The van der Waals surface area contributed by atoms with Gasteiger partial charge in [0.1, 0.15) is 5.75 Å². The molecule has 0 aliphatic rings. The quantitative estimate of drug-likeness (QED) is 0.685. The molecule has 2 aromatic rings. The van der Waals surface area contributed by atoms with Crippen molar-refractivity contribution >= 4 is 23.1 Å². The van der Waals surface area contributed by atoms with Gasteiger partial charge in [0.05, 0.1) is 0 Å².